The predicted octanol–water partition coefficient (Wildman–Crippen LogP) is 3.00. The first-order chi connectivity index (χ1) is 13.6. The second kappa shape index (κ2) is 8.07. The minimum Gasteiger partial charge on any atom is -0.337 e. The quantitative estimate of drug-likeness (QED) is 0.700. The number of nitrogens with one attached hydrogen (secondary N) is 1. The van der Waals surface area contributed by atoms with Crippen molar-refractivity contribution in [2.75, 3.05) is 36.4 Å². The van der Waals surface area contributed by atoms with Gasteiger partial charge < -0.3 is 15.1 Å². The summed E-state index contributed by atoms with van der Waals surface area (Å²) in [7, 11) is 0. The van der Waals surface area contributed by atoms with E-state index < -0.39 is 0 Å². The zero-order valence-electron chi connectivity index (χ0n) is 15.2. The van der Waals surface area contributed by atoms with E-state index in [2.05, 4.69) is 30.2 Å². The number of aromatic nitrogens is 4. The predicted molar refractivity (Wildman–Crippen MR) is 110 cm³/mol. The SMILES string of the molecule is Cc1nc(Nc2ccc(Cl)cn2)sc1C(=O)N1CCN(c2ncccn2)CC1. The number of hydrogen-bond acceptors (Lipinski definition) is 8. The molecule has 0 saturated carbocycles. The van der Waals surface area contributed by atoms with Gasteiger partial charge in [0.15, 0.2) is 5.13 Å². The minimum atomic E-state index is 0.000690. The zero-order valence-corrected chi connectivity index (χ0v) is 16.7. The summed E-state index contributed by atoms with van der Waals surface area (Å²) in [6.07, 6.45) is 5.02. The van der Waals surface area contributed by atoms with Crippen molar-refractivity contribution < 1.29 is 4.79 Å². The largest absolute Gasteiger partial charge is 0.337 e. The molecular weight excluding hydrogens is 398 g/mol. The van der Waals surface area contributed by atoms with Crippen molar-refractivity contribution in [2.24, 2.45) is 0 Å². The van der Waals surface area contributed by atoms with Gasteiger partial charge in [-0.2, -0.15) is 0 Å². The molecule has 0 aliphatic carbocycles. The van der Waals surface area contributed by atoms with Crippen molar-refractivity contribution in [3.8, 4) is 0 Å². The number of halogens is 1. The second-order valence-corrected chi connectivity index (χ2v) is 7.68. The number of hydrogen-bond donors (Lipinski definition) is 1. The molecule has 1 aliphatic rings. The Morgan fingerprint density at radius 2 is 1.89 bits per heavy atom. The van der Waals surface area contributed by atoms with E-state index in [1.807, 2.05) is 11.8 Å². The summed E-state index contributed by atoms with van der Waals surface area (Å²) in [5.41, 5.74) is 0.709. The molecule has 28 heavy (non-hydrogen) atoms. The number of aryl methyl sites for hydroxylation is 1. The van der Waals surface area contributed by atoms with Crippen LogP contribution >= 0.6 is 22.9 Å². The summed E-state index contributed by atoms with van der Waals surface area (Å²) in [5.74, 6) is 1.33. The summed E-state index contributed by atoms with van der Waals surface area (Å²) in [6, 6.07) is 5.31. The number of carbonyl (C=O) groups excluding carboxylic acids is 1. The third-order valence-corrected chi connectivity index (χ3v) is 5.64. The maximum atomic E-state index is 13.0. The first-order valence-corrected chi connectivity index (χ1v) is 9.97. The smallest absolute Gasteiger partial charge is 0.266 e. The van der Waals surface area contributed by atoms with Crippen LogP contribution in [0.15, 0.2) is 36.8 Å². The maximum absolute atomic E-state index is 13.0. The standard InChI is InChI=1S/C18H18ClN7OS/c1-12-15(28-18(23-12)24-14-4-3-13(19)11-22-14)16(27)25-7-9-26(10-8-25)17-20-5-2-6-21-17/h2-6,11H,7-10H2,1H3,(H,22,23,24). The Balaban J connectivity index is 1.41. The van der Waals surface area contributed by atoms with Crippen LogP contribution in [0.2, 0.25) is 5.02 Å². The molecule has 0 spiro atoms. The Hall–Kier alpha value is -2.78. The normalized spacial score (nSPS) is 14.2. The lowest BCUT2D eigenvalue weighted by Crippen LogP contribution is -2.49. The van der Waals surface area contributed by atoms with Gasteiger partial charge in [0, 0.05) is 44.8 Å². The summed E-state index contributed by atoms with van der Waals surface area (Å²) < 4.78 is 0. The van der Waals surface area contributed by atoms with Crippen molar-refractivity contribution in [3.63, 3.8) is 0 Å². The van der Waals surface area contributed by atoms with Gasteiger partial charge in [0.05, 0.1) is 10.7 Å². The summed E-state index contributed by atoms with van der Waals surface area (Å²) in [4.78, 5) is 34.7. The summed E-state index contributed by atoms with van der Waals surface area (Å²) in [5, 5.41) is 4.32. The van der Waals surface area contributed by atoms with Crippen LogP contribution < -0.4 is 10.2 Å². The molecule has 0 radical (unpaired) electrons. The number of amides is 1. The lowest BCUT2D eigenvalue weighted by molar-refractivity contribution is 0.0750. The molecule has 3 aromatic rings. The zero-order chi connectivity index (χ0) is 19.5. The van der Waals surface area contributed by atoms with Crippen LogP contribution in [-0.4, -0.2) is 56.9 Å². The highest BCUT2D eigenvalue weighted by atomic mass is 35.5. The van der Waals surface area contributed by atoms with Crippen LogP contribution in [0.1, 0.15) is 15.4 Å². The molecule has 1 fully saturated rings. The molecule has 0 unspecified atom stereocenters. The van der Waals surface area contributed by atoms with E-state index >= 15 is 0 Å². The van der Waals surface area contributed by atoms with Gasteiger partial charge >= 0.3 is 0 Å². The van der Waals surface area contributed by atoms with Gasteiger partial charge in [-0.1, -0.05) is 22.9 Å². The van der Waals surface area contributed by atoms with Gasteiger partial charge in [0.25, 0.3) is 5.91 Å². The molecule has 0 atom stereocenters. The third-order valence-electron chi connectivity index (χ3n) is 4.36. The number of nitrogens with zero attached hydrogens (tertiary/aromatic N) is 6. The molecule has 3 aromatic heterocycles. The molecule has 0 aromatic carbocycles. The van der Waals surface area contributed by atoms with E-state index in [0.29, 0.717) is 58.7 Å². The highest BCUT2D eigenvalue weighted by molar-refractivity contribution is 7.17. The Kier molecular flexibility index (Phi) is 5.36. The van der Waals surface area contributed by atoms with Crippen LogP contribution in [0.3, 0.4) is 0 Å². The average molecular weight is 416 g/mol. The molecule has 1 aliphatic heterocycles. The second-order valence-electron chi connectivity index (χ2n) is 6.25. The summed E-state index contributed by atoms with van der Waals surface area (Å²) in [6.45, 7) is 4.49. The fraction of sp³-hybridized carbons (Fsp3) is 0.278. The average Bonchev–Trinajstić information content (AvgIpc) is 3.10. The molecule has 10 heteroatoms. The van der Waals surface area contributed by atoms with Gasteiger partial charge in [-0.05, 0) is 25.1 Å². The molecule has 4 rings (SSSR count). The Bertz CT molecular complexity index is 956. The number of pyridine rings is 1. The molecular formula is C18H18ClN7OS. The Morgan fingerprint density at radius 3 is 2.57 bits per heavy atom. The topological polar surface area (TPSA) is 87.1 Å². The van der Waals surface area contributed by atoms with E-state index in [1.54, 1.807) is 36.8 Å². The van der Waals surface area contributed by atoms with Crippen molar-refractivity contribution >= 4 is 45.7 Å². The molecule has 1 N–H and O–H groups in total. The highest BCUT2D eigenvalue weighted by Gasteiger charge is 2.26. The highest BCUT2D eigenvalue weighted by Crippen LogP contribution is 2.27. The van der Waals surface area contributed by atoms with Crippen molar-refractivity contribution in [1.29, 1.82) is 0 Å². The van der Waals surface area contributed by atoms with E-state index in [1.165, 1.54) is 11.3 Å². The van der Waals surface area contributed by atoms with Crippen LogP contribution in [0.4, 0.5) is 16.9 Å². The number of thiazole rings is 1. The molecule has 4 heterocycles. The van der Waals surface area contributed by atoms with Crippen LogP contribution in [0, 0.1) is 6.92 Å². The molecule has 0 bridgehead atoms. The van der Waals surface area contributed by atoms with E-state index in [-0.39, 0.29) is 5.91 Å². The number of carbonyl (C=O) groups is 1. The third kappa shape index (κ3) is 4.05. The Labute approximate surface area is 171 Å². The van der Waals surface area contributed by atoms with E-state index in [9.17, 15) is 4.79 Å². The number of anilines is 3. The van der Waals surface area contributed by atoms with Crippen molar-refractivity contribution in [2.45, 2.75) is 6.92 Å². The molecule has 8 nitrogen and oxygen atoms in total. The first kappa shape index (κ1) is 18.6. The van der Waals surface area contributed by atoms with Gasteiger partial charge in [-0.15, -0.1) is 0 Å². The van der Waals surface area contributed by atoms with E-state index in [4.69, 9.17) is 11.6 Å². The fourth-order valence-corrected chi connectivity index (χ4v) is 3.97. The van der Waals surface area contributed by atoms with Gasteiger partial charge in [0.2, 0.25) is 5.95 Å². The van der Waals surface area contributed by atoms with Gasteiger partial charge in [-0.25, -0.2) is 19.9 Å². The van der Waals surface area contributed by atoms with Crippen LogP contribution in [0.5, 0.6) is 0 Å². The first-order valence-electron chi connectivity index (χ1n) is 8.77. The monoisotopic (exact) mass is 415 g/mol. The lowest BCUT2D eigenvalue weighted by atomic mass is 10.3. The van der Waals surface area contributed by atoms with Crippen LogP contribution in [-0.2, 0) is 0 Å². The van der Waals surface area contributed by atoms with Crippen LogP contribution in [0.25, 0.3) is 0 Å². The number of rotatable bonds is 4. The molecule has 1 amide bonds. The minimum absolute atomic E-state index is 0.000690. The van der Waals surface area contributed by atoms with Crippen molar-refractivity contribution in [3.05, 3.63) is 52.4 Å². The van der Waals surface area contributed by atoms with Gasteiger partial charge in [-0.3, -0.25) is 4.79 Å². The lowest BCUT2D eigenvalue weighted by Gasteiger charge is -2.34. The van der Waals surface area contributed by atoms with Crippen molar-refractivity contribution in [1.82, 2.24) is 24.8 Å². The van der Waals surface area contributed by atoms with E-state index in [0.717, 1.165) is 0 Å². The number of piperazine rings is 1. The maximum Gasteiger partial charge on any atom is 0.266 e. The summed E-state index contributed by atoms with van der Waals surface area (Å²) >= 11 is 7.19. The van der Waals surface area contributed by atoms with Gasteiger partial charge in [0.1, 0.15) is 10.7 Å². The fourth-order valence-electron chi connectivity index (χ4n) is 2.92. The Morgan fingerprint density at radius 1 is 1.14 bits per heavy atom. The molecule has 1 saturated heterocycles. The molecule has 144 valence electrons.